The first kappa shape index (κ1) is 15.4. The second-order valence-electron chi connectivity index (χ2n) is 4.65. The summed E-state index contributed by atoms with van der Waals surface area (Å²) in [5.41, 5.74) is 5.89. The molecule has 5 nitrogen and oxygen atoms in total. The molecule has 0 aromatic heterocycles. The fourth-order valence-electron chi connectivity index (χ4n) is 1.68. The molecule has 0 aliphatic rings. The van der Waals surface area contributed by atoms with Gasteiger partial charge in [0.05, 0.1) is 11.8 Å². The van der Waals surface area contributed by atoms with Gasteiger partial charge in [-0.3, -0.25) is 4.79 Å². The van der Waals surface area contributed by atoms with Crippen molar-refractivity contribution >= 4 is 17.3 Å². The van der Waals surface area contributed by atoms with E-state index < -0.39 is 11.9 Å². The minimum Gasteiger partial charge on any atom is -0.396 e. The number of rotatable bonds is 6. The molecule has 19 heavy (non-hydrogen) atoms. The van der Waals surface area contributed by atoms with Gasteiger partial charge >= 0.3 is 0 Å². The first-order chi connectivity index (χ1) is 8.88. The maximum absolute atomic E-state index is 12.9. The maximum atomic E-state index is 12.9. The van der Waals surface area contributed by atoms with Crippen molar-refractivity contribution in [3.8, 4) is 0 Å². The van der Waals surface area contributed by atoms with E-state index in [0.29, 0.717) is 25.2 Å². The van der Waals surface area contributed by atoms with Gasteiger partial charge in [0.25, 0.3) is 0 Å². The van der Waals surface area contributed by atoms with E-state index in [1.165, 1.54) is 18.2 Å². The van der Waals surface area contributed by atoms with E-state index in [0.717, 1.165) is 0 Å². The molecule has 4 N–H and O–H groups in total. The van der Waals surface area contributed by atoms with Crippen molar-refractivity contribution < 1.29 is 14.3 Å². The van der Waals surface area contributed by atoms with Crippen molar-refractivity contribution in [3.63, 3.8) is 0 Å². The minimum absolute atomic E-state index is 0.00373. The van der Waals surface area contributed by atoms with Crippen LogP contribution in [0.5, 0.6) is 0 Å². The van der Waals surface area contributed by atoms with Gasteiger partial charge in [0.15, 0.2) is 0 Å². The van der Waals surface area contributed by atoms with Crippen LogP contribution in [0.4, 0.5) is 15.8 Å². The fraction of sp³-hybridized carbons (Fsp3) is 0.462. The first-order valence-electron chi connectivity index (χ1n) is 6.10. The minimum atomic E-state index is -0.505. The van der Waals surface area contributed by atoms with Crippen molar-refractivity contribution in [1.82, 2.24) is 4.90 Å². The monoisotopic (exact) mass is 269 g/mol. The van der Waals surface area contributed by atoms with Crippen molar-refractivity contribution in [1.29, 1.82) is 0 Å². The van der Waals surface area contributed by atoms with Crippen LogP contribution >= 0.6 is 0 Å². The quantitative estimate of drug-likeness (QED) is 0.674. The molecule has 1 atom stereocenters. The molecule has 6 heteroatoms. The van der Waals surface area contributed by atoms with Crippen molar-refractivity contribution in [2.45, 2.75) is 19.4 Å². The normalized spacial score (nSPS) is 12.5. The lowest BCUT2D eigenvalue weighted by Crippen LogP contribution is -2.30. The highest BCUT2D eigenvalue weighted by molar-refractivity contribution is 5.91. The fourth-order valence-corrected chi connectivity index (χ4v) is 1.68. The molecular weight excluding hydrogens is 249 g/mol. The molecule has 0 heterocycles. The smallest absolute Gasteiger partial charge is 0.225 e. The molecule has 0 saturated heterocycles. The van der Waals surface area contributed by atoms with Gasteiger partial charge in [-0.05, 0) is 32.2 Å². The number of anilines is 2. The number of nitrogens with two attached hydrogens (primary N) is 1. The Morgan fingerprint density at radius 2 is 2.26 bits per heavy atom. The zero-order chi connectivity index (χ0) is 14.4. The van der Waals surface area contributed by atoms with Crippen LogP contribution < -0.4 is 11.1 Å². The Labute approximate surface area is 112 Å². The van der Waals surface area contributed by atoms with Crippen LogP contribution in [0.25, 0.3) is 0 Å². The second kappa shape index (κ2) is 7.06. The number of likely N-dealkylation sites (N-methyl/N-ethyl adjacent to an activating group) is 1. The number of amides is 1. The zero-order valence-corrected chi connectivity index (χ0v) is 11.2. The van der Waals surface area contributed by atoms with Crippen molar-refractivity contribution in [2.24, 2.45) is 0 Å². The highest BCUT2D eigenvalue weighted by atomic mass is 19.1. The molecule has 1 rings (SSSR count). The SMILES string of the molecule is CC(O)CN(C)CCC(=O)Nc1ccc(F)c(N)c1. The number of aliphatic hydroxyl groups excluding tert-OH is 1. The summed E-state index contributed by atoms with van der Waals surface area (Å²) in [6, 6.07) is 4.06. The summed E-state index contributed by atoms with van der Waals surface area (Å²) in [6.45, 7) is 2.74. The molecule has 1 aromatic rings. The summed E-state index contributed by atoms with van der Waals surface area (Å²) >= 11 is 0. The highest BCUT2D eigenvalue weighted by Crippen LogP contribution is 2.16. The summed E-state index contributed by atoms with van der Waals surface area (Å²) in [5.74, 6) is -0.682. The Hall–Kier alpha value is -1.66. The number of benzene rings is 1. The number of halogens is 1. The van der Waals surface area contributed by atoms with Gasteiger partial charge in [-0.2, -0.15) is 0 Å². The lowest BCUT2D eigenvalue weighted by atomic mass is 10.2. The predicted octanol–water partition coefficient (Wildman–Crippen LogP) is 1.05. The Morgan fingerprint density at radius 1 is 1.58 bits per heavy atom. The van der Waals surface area contributed by atoms with Crippen LogP contribution in [0.15, 0.2) is 18.2 Å². The number of carbonyl (C=O) groups is 1. The Bertz CT molecular complexity index is 438. The van der Waals surface area contributed by atoms with Gasteiger partial charge in [-0.1, -0.05) is 0 Å². The van der Waals surface area contributed by atoms with E-state index in [1.54, 1.807) is 6.92 Å². The van der Waals surface area contributed by atoms with Gasteiger partial charge in [0.2, 0.25) is 5.91 Å². The number of nitrogen functional groups attached to an aromatic ring is 1. The average Bonchev–Trinajstić information content (AvgIpc) is 2.30. The molecule has 1 amide bonds. The maximum Gasteiger partial charge on any atom is 0.225 e. The summed E-state index contributed by atoms with van der Waals surface area (Å²) < 4.78 is 12.9. The molecule has 0 fully saturated rings. The lowest BCUT2D eigenvalue weighted by molar-refractivity contribution is -0.116. The van der Waals surface area contributed by atoms with Gasteiger partial charge in [0, 0.05) is 25.2 Å². The van der Waals surface area contributed by atoms with E-state index >= 15 is 0 Å². The standard InChI is InChI=1S/C13H20FN3O2/c1-9(18)8-17(2)6-5-13(19)16-10-3-4-11(14)12(15)7-10/h3-4,7,9,18H,5-6,8,15H2,1-2H3,(H,16,19). The van der Waals surface area contributed by atoms with Gasteiger partial charge in [0.1, 0.15) is 5.82 Å². The third-order valence-electron chi connectivity index (χ3n) is 2.58. The van der Waals surface area contributed by atoms with E-state index in [9.17, 15) is 14.3 Å². The second-order valence-corrected chi connectivity index (χ2v) is 4.65. The van der Waals surface area contributed by atoms with Crippen LogP contribution in [0, 0.1) is 5.82 Å². The third-order valence-corrected chi connectivity index (χ3v) is 2.58. The molecule has 1 aromatic carbocycles. The summed E-state index contributed by atoms with van der Waals surface area (Å²) in [7, 11) is 1.83. The van der Waals surface area contributed by atoms with Crippen LogP contribution in [-0.4, -0.2) is 42.2 Å². The summed E-state index contributed by atoms with van der Waals surface area (Å²) in [4.78, 5) is 13.5. The topological polar surface area (TPSA) is 78.6 Å². The van der Waals surface area contributed by atoms with Gasteiger partial charge in [-0.25, -0.2) is 4.39 Å². The highest BCUT2D eigenvalue weighted by Gasteiger charge is 2.08. The average molecular weight is 269 g/mol. The molecule has 0 aliphatic carbocycles. The van der Waals surface area contributed by atoms with E-state index in [4.69, 9.17) is 5.73 Å². The van der Waals surface area contributed by atoms with Crippen LogP contribution in [0.2, 0.25) is 0 Å². The Morgan fingerprint density at radius 3 is 2.84 bits per heavy atom. The number of carbonyl (C=O) groups excluding carboxylic acids is 1. The third kappa shape index (κ3) is 5.67. The van der Waals surface area contributed by atoms with E-state index in [1.807, 2.05) is 11.9 Å². The van der Waals surface area contributed by atoms with Gasteiger partial charge < -0.3 is 21.1 Å². The molecular formula is C13H20FN3O2. The Balaban J connectivity index is 2.40. The lowest BCUT2D eigenvalue weighted by Gasteiger charge is -2.17. The van der Waals surface area contributed by atoms with Crippen LogP contribution in [-0.2, 0) is 4.79 Å². The number of aliphatic hydroxyl groups is 1. The molecule has 0 radical (unpaired) electrons. The number of nitrogens with zero attached hydrogens (tertiary/aromatic N) is 1. The molecule has 0 aliphatic heterocycles. The molecule has 0 bridgehead atoms. The predicted molar refractivity (Wildman–Crippen MR) is 73.2 cm³/mol. The number of nitrogens with one attached hydrogen (secondary N) is 1. The number of hydrogen-bond donors (Lipinski definition) is 3. The van der Waals surface area contributed by atoms with Crippen molar-refractivity contribution in [3.05, 3.63) is 24.0 Å². The molecule has 1 unspecified atom stereocenters. The first-order valence-corrected chi connectivity index (χ1v) is 6.10. The number of hydrogen-bond acceptors (Lipinski definition) is 4. The van der Waals surface area contributed by atoms with Gasteiger partial charge in [-0.15, -0.1) is 0 Å². The van der Waals surface area contributed by atoms with Crippen molar-refractivity contribution in [2.75, 3.05) is 31.2 Å². The zero-order valence-electron chi connectivity index (χ0n) is 11.2. The van der Waals surface area contributed by atoms with E-state index in [-0.39, 0.29) is 11.6 Å². The summed E-state index contributed by atoms with van der Waals surface area (Å²) in [5, 5.41) is 11.8. The largest absolute Gasteiger partial charge is 0.396 e. The molecule has 0 saturated carbocycles. The molecule has 106 valence electrons. The summed E-state index contributed by atoms with van der Waals surface area (Å²) in [6.07, 6.45) is -0.134. The van der Waals surface area contributed by atoms with Crippen LogP contribution in [0.3, 0.4) is 0 Å². The Kier molecular flexibility index (Phi) is 5.72. The molecule has 0 spiro atoms. The van der Waals surface area contributed by atoms with Crippen LogP contribution in [0.1, 0.15) is 13.3 Å². The van der Waals surface area contributed by atoms with E-state index in [2.05, 4.69) is 5.32 Å².